The Morgan fingerprint density at radius 3 is 2.00 bits per heavy atom. The molecule has 2 rings (SSSR count). The van der Waals surface area contributed by atoms with Gasteiger partial charge in [-0.1, -0.05) is 108 Å². The van der Waals surface area contributed by atoms with Crippen molar-refractivity contribution in [1.29, 1.82) is 0 Å². The van der Waals surface area contributed by atoms with Gasteiger partial charge >= 0.3 is 0 Å². The molecular formula is C32H47ClN2O3. The number of nitrogens with zero attached hydrogens (tertiary/aromatic N) is 1. The van der Waals surface area contributed by atoms with E-state index in [0.717, 1.165) is 24.0 Å². The van der Waals surface area contributed by atoms with Crippen molar-refractivity contribution in [2.24, 2.45) is 5.10 Å². The smallest absolute Gasteiger partial charge is 0.240 e. The van der Waals surface area contributed by atoms with Gasteiger partial charge in [-0.2, -0.15) is 5.10 Å². The molecule has 0 aliphatic heterocycles. The fraction of sp³-hybridized carbons (Fsp3) is 0.562. The summed E-state index contributed by atoms with van der Waals surface area (Å²) in [6.45, 7) is 5.14. The fourth-order valence-electron chi connectivity index (χ4n) is 4.27. The fourth-order valence-corrected chi connectivity index (χ4v) is 4.40. The highest BCUT2D eigenvalue weighted by Gasteiger charge is 2.07. The van der Waals surface area contributed by atoms with E-state index in [1.807, 2.05) is 49.4 Å². The average Bonchev–Trinajstić information content (AvgIpc) is 2.92. The van der Waals surface area contributed by atoms with Gasteiger partial charge in [0.2, 0.25) is 5.91 Å². The molecule has 1 amide bonds. The number of benzene rings is 2. The normalized spacial score (nSPS) is 11.1. The van der Waals surface area contributed by atoms with Crippen molar-refractivity contribution in [3.05, 3.63) is 58.6 Å². The Balaban J connectivity index is 1.59. The summed E-state index contributed by atoms with van der Waals surface area (Å²) in [5.74, 6) is 1.26. The van der Waals surface area contributed by atoms with Crippen LogP contribution in [0, 0.1) is 0 Å². The number of carbonyl (C=O) groups is 1. The van der Waals surface area contributed by atoms with Crippen LogP contribution in [0.5, 0.6) is 11.5 Å². The molecule has 2 aromatic rings. The first-order chi connectivity index (χ1) is 18.6. The largest absolute Gasteiger partial charge is 0.490 e. The minimum Gasteiger partial charge on any atom is -0.490 e. The first-order valence-corrected chi connectivity index (χ1v) is 15.0. The number of hydrogen-bond donors (Lipinski definition) is 1. The monoisotopic (exact) mass is 542 g/mol. The molecule has 38 heavy (non-hydrogen) atoms. The number of amides is 1. The topological polar surface area (TPSA) is 59.9 Å². The highest BCUT2D eigenvalue weighted by molar-refractivity contribution is 6.30. The van der Waals surface area contributed by atoms with Crippen molar-refractivity contribution in [1.82, 2.24) is 5.43 Å². The van der Waals surface area contributed by atoms with Gasteiger partial charge in [-0.25, -0.2) is 5.43 Å². The van der Waals surface area contributed by atoms with Crippen LogP contribution >= 0.6 is 11.6 Å². The molecule has 0 unspecified atom stereocenters. The molecule has 0 atom stereocenters. The van der Waals surface area contributed by atoms with E-state index >= 15 is 0 Å². The average molecular weight is 543 g/mol. The molecule has 1 N–H and O–H groups in total. The van der Waals surface area contributed by atoms with E-state index < -0.39 is 0 Å². The van der Waals surface area contributed by atoms with Gasteiger partial charge in [0, 0.05) is 11.4 Å². The van der Waals surface area contributed by atoms with Gasteiger partial charge in [0.25, 0.3) is 0 Å². The SMILES string of the molecule is CCCCCCCCCCCCCCCC(=O)N/N=C/c1ccc(OCc2ccc(Cl)cc2)c(OCC)c1. The van der Waals surface area contributed by atoms with Crippen molar-refractivity contribution in [2.75, 3.05) is 6.61 Å². The van der Waals surface area contributed by atoms with Gasteiger partial charge in [-0.3, -0.25) is 4.79 Å². The Hall–Kier alpha value is -2.53. The maximum absolute atomic E-state index is 12.1. The summed E-state index contributed by atoms with van der Waals surface area (Å²) in [4.78, 5) is 12.1. The summed E-state index contributed by atoms with van der Waals surface area (Å²) in [7, 11) is 0. The Morgan fingerprint density at radius 2 is 1.39 bits per heavy atom. The molecule has 0 fully saturated rings. The lowest BCUT2D eigenvalue weighted by Gasteiger charge is -2.12. The van der Waals surface area contributed by atoms with Crippen molar-refractivity contribution in [2.45, 2.75) is 110 Å². The number of hydrazone groups is 1. The summed E-state index contributed by atoms with van der Waals surface area (Å²) in [5, 5.41) is 4.82. The minimum atomic E-state index is -0.0442. The third-order valence-electron chi connectivity index (χ3n) is 6.49. The first kappa shape index (κ1) is 31.7. The molecule has 2 aromatic carbocycles. The van der Waals surface area contributed by atoms with Crippen LogP contribution in [0.3, 0.4) is 0 Å². The lowest BCUT2D eigenvalue weighted by molar-refractivity contribution is -0.121. The number of rotatable bonds is 21. The van der Waals surface area contributed by atoms with E-state index in [-0.39, 0.29) is 5.91 Å². The van der Waals surface area contributed by atoms with Gasteiger partial charge in [0.1, 0.15) is 6.61 Å². The van der Waals surface area contributed by atoms with E-state index in [2.05, 4.69) is 17.5 Å². The van der Waals surface area contributed by atoms with E-state index in [4.69, 9.17) is 21.1 Å². The maximum atomic E-state index is 12.1. The molecule has 0 radical (unpaired) electrons. The molecule has 6 heteroatoms. The van der Waals surface area contributed by atoms with Crippen molar-refractivity contribution >= 4 is 23.7 Å². The molecular weight excluding hydrogens is 496 g/mol. The van der Waals surface area contributed by atoms with Gasteiger partial charge < -0.3 is 9.47 Å². The standard InChI is InChI=1S/C32H47ClN2O3/c1-3-5-6-7-8-9-10-11-12-13-14-15-16-17-32(36)35-34-25-28-20-23-30(31(24-28)37-4-2)38-26-27-18-21-29(33)22-19-27/h18-25H,3-17,26H2,1-2H3,(H,35,36)/b34-25+. The van der Waals surface area contributed by atoms with Crippen LogP contribution in [0.4, 0.5) is 0 Å². The zero-order valence-electron chi connectivity index (χ0n) is 23.5. The number of nitrogens with one attached hydrogen (secondary N) is 1. The summed E-state index contributed by atoms with van der Waals surface area (Å²) in [6, 6.07) is 13.2. The van der Waals surface area contributed by atoms with Gasteiger partial charge in [0.05, 0.1) is 12.8 Å². The second-order valence-electron chi connectivity index (χ2n) is 9.84. The summed E-state index contributed by atoms with van der Waals surface area (Å²) in [5.41, 5.74) is 4.49. The Morgan fingerprint density at radius 1 is 0.789 bits per heavy atom. The molecule has 0 bridgehead atoms. The number of carbonyl (C=O) groups excluding carboxylic acids is 1. The molecule has 5 nitrogen and oxygen atoms in total. The van der Waals surface area contributed by atoms with E-state index in [1.54, 1.807) is 6.21 Å². The molecule has 0 heterocycles. The number of hydrogen-bond acceptors (Lipinski definition) is 4. The number of ether oxygens (including phenoxy) is 2. The molecule has 210 valence electrons. The zero-order chi connectivity index (χ0) is 27.3. The molecule has 0 aliphatic rings. The van der Waals surface area contributed by atoms with Crippen LogP contribution in [0.2, 0.25) is 5.02 Å². The van der Waals surface area contributed by atoms with Crippen molar-refractivity contribution in [3.63, 3.8) is 0 Å². The molecule has 0 aromatic heterocycles. The summed E-state index contributed by atoms with van der Waals surface area (Å²) in [6.07, 6.45) is 19.0. The lowest BCUT2D eigenvalue weighted by atomic mass is 10.0. The number of halogens is 1. The highest BCUT2D eigenvalue weighted by Crippen LogP contribution is 2.29. The van der Waals surface area contributed by atoms with Gasteiger partial charge in [-0.15, -0.1) is 0 Å². The van der Waals surface area contributed by atoms with Crippen LogP contribution in [-0.4, -0.2) is 18.7 Å². The predicted molar refractivity (Wildman–Crippen MR) is 159 cm³/mol. The molecule has 0 spiro atoms. The Kier molecular flexibility index (Phi) is 17.0. The summed E-state index contributed by atoms with van der Waals surface area (Å²) < 4.78 is 11.7. The van der Waals surface area contributed by atoms with Gasteiger partial charge in [0.15, 0.2) is 11.5 Å². The van der Waals surface area contributed by atoms with Crippen LogP contribution in [0.25, 0.3) is 0 Å². The summed E-state index contributed by atoms with van der Waals surface area (Å²) >= 11 is 5.95. The molecule has 0 saturated heterocycles. The lowest BCUT2D eigenvalue weighted by Crippen LogP contribution is -2.16. The van der Waals surface area contributed by atoms with E-state index in [0.29, 0.717) is 36.2 Å². The third-order valence-corrected chi connectivity index (χ3v) is 6.74. The third kappa shape index (κ3) is 14.4. The quantitative estimate of drug-likeness (QED) is 0.0970. The Labute approximate surface area is 235 Å². The maximum Gasteiger partial charge on any atom is 0.240 e. The predicted octanol–water partition coefficient (Wildman–Crippen LogP) is 9.25. The van der Waals surface area contributed by atoms with Gasteiger partial charge in [-0.05, 0) is 54.8 Å². The van der Waals surface area contributed by atoms with Crippen molar-refractivity contribution < 1.29 is 14.3 Å². The van der Waals surface area contributed by atoms with E-state index in [1.165, 1.54) is 70.6 Å². The molecule has 0 aliphatic carbocycles. The molecule has 0 saturated carbocycles. The second kappa shape index (κ2) is 20.4. The van der Waals surface area contributed by atoms with Crippen LogP contribution in [0.1, 0.15) is 115 Å². The van der Waals surface area contributed by atoms with Crippen molar-refractivity contribution in [3.8, 4) is 11.5 Å². The number of unbranched alkanes of at least 4 members (excludes halogenated alkanes) is 12. The zero-order valence-corrected chi connectivity index (χ0v) is 24.2. The first-order valence-electron chi connectivity index (χ1n) is 14.6. The Bertz CT molecular complexity index is 931. The van der Waals surface area contributed by atoms with E-state index in [9.17, 15) is 4.79 Å². The van der Waals surface area contributed by atoms with Crippen LogP contribution in [-0.2, 0) is 11.4 Å². The van der Waals surface area contributed by atoms with Crippen LogP contribution < -0.4 is 14.9 Å². The highest BCUT2D eigenvalue weighted by atomic mass is 35.5. The second-order valence-corrected chi connectivity index (χ2v) is 10.3. The van der Waals surface area contributed by atoms with Crippen LogP contribution in [0.15, 0.2) is 47.6 Å². The minimum absolute atomic E-state index is 0.0442.